The highest BCUT2D eigenvalue weighted by Gasteiger charge is 2.16. The predicted octanol–water partition coefficient (Wildman–Crippen LogP) is 4.31. The van der Waals surface area contributed by atoms with Crippen LogP contribution in [0.5, 0.6) is 0 Å². The molecule has 0 atom stereocenters. The Kier molecular flexibility index (Phi) is 4.21. The largest absolute Gasteiger partial charge is 0.294 e. The number of benzene rings is 1. The number of rotatable bonds is 4. The number of thioether (sulfide) groups is 1. The second-order valence-electron chi connectivity index (χ2n) is 4.66. The quantitative estimate of drug-likeness (QED) is 0.586. The summed E-state index contributed by atoms with van der Waals surface area (Å²) in [6.07, 6.45) is 5.25. The van der Waals surface area contributed by atoms with Crippen molar-refractivity contribution in [2.75, 3.05) is 5.75 Å². The van der Waals surface area contributed by atoms with E-state index < -0.39 is 0 Å². The summed E-state index contributed by atoms with van der Waals surface area (Å²) in [6.45, 7) is 1.49. The fraction of sp³-hybridized carbons (Fsp3) is 0.500. The van der Waals surface area contributed by atoms with Gasteiger partial charge in [0, 0.05) is 16.2 Å². The molecule has 0 amide bonds. The van der Waals surface area contributed by atoms with Gasteiger partial charge < -0.3 is 0 Å². The smallest absolute Gasteiger partial charge is 0.161 e. The fourth-order valence-electron chi connectivity index (χ4n) is 2.29. The lowest BCUT2D eigenvalue weighted by Crippen LogP contribution is -2.00. The van der Waals surface area contributed by atoms with E-state index in [2.05, 4.69) is 0 Å². The van der Waals surface area contributed by atoms with Crippen LogP contribution in [-0.2, 0) is 0 Å². The Labute approximate surface area is 106 Å². The van der Waals surface area contributed by atoms with Crippen LogP contribution in [-0.4, -0.2) is 11.5 Å². The molecule has 0 bridgehead atoms. The minimum Gasteiger partial charge on any atom is -0.294 e. The number of hydrogen-bond donors (Lipinski definition) is 0. The Morgan fingerprint density at radius 1 is 1.41 bits per heavy atom. The maximum Gasteiger partial charge on any atom is 0.161 e. The summed E-state index contributed by atoms with van der Waals surface area (Å²) in [4.78, 5) is 12.4. The zero-order valence-electron chi connectivity index (χ0n) is 10.0. The van der Waals surface area contributed by atoms with Crippen molar-refractivity contribution in [1.82, 2.24) is 0 Å². The monoisotopic (exact) mass is 252 g/mol. The standard InChI is InChI=1S/C14H17FOS/c1-10(16)13-8-12(15)6-7-14(13)17-9-11-4-2-3-5-11/h6-8,11H,2-5,9H2,1H3. The van der Waals surface area contributed by atoms with E-state index in [1.54, 1.807) is 17.8 Å². The molecule has 1 fully saturated rings. The summed E-state index contributed by atoms with van der Waals surface area (Å²) in [5.41, 5.74) is 0.521. The first-order chi connectivity index (χ1) is 8.16. The molecule has 2 rings (SSSR count). The number of halogens is 1. The molecule has 0 radical (unpaired) electrons. The maximum absolute atomic E-state index is 13.1. The summed E-state index contributed by atoms with van der Waals surface area (Å²) in [5.74, 6) is 1.43. The lowest BCUT2D eigenvalue weighted by Gasteiger charge is -2.10. The molecule has 0 spiro atoms. The third-order valence-corrected chi connectivity index (χ3v) is 4.58. The van der Waals surface area contributed by atoms with Gasteiger partial charge in [0.1, 0.15) is 5.82 Å². The minimum atomic E-state index is -0.333. The molecule has 0 N–H and O–H groups in total. The molecule has 0 saturated heterocycles. The Balaban J connectivity index is 2.06. The molecule has 0 heterocycles. The Morgan fingerprint density at radius 2 is 2.12 bits per heavy atom. The molecule has 0 aromatic heterocycles. The van der Waals surface area contributed by atoms with Gasteiger partial charge >= 0.3 is 0 Å². The van der Waals surface area contributed by atoms with E-state index in [4.69, 9.17) is 0 Å². The summed E-state index contributed by atoms with van der Waals surface area (Å²) < 4.78 is 13.1. The molecule has 3 heteroatoms. The van der Waals surface area contributed by atoms with Gasteiger partial charge in [0.25, 0.3) is 0 Å². The first-order valence-electron chi connectivity index (χ1n) is 6.10. The van der Waals surface area contributed by atoms with Gasteiger partial charge in [-0.05, 0) is 43.9 Å². The SMILES string of the molecule is CC(=O)c1cc(F)ccc1SCC1CCCC1. The number of ketones is 1. The van der Waals surface area contributed by atoms with Crippen molar-refractivity contribution >= 4 is 17.5 Å². The lowest BCUT2D eigenvalue weighted by atomic mass is 10.1. The third-order valence-electron chi connectivity index (χ3n) is 3.27. The zero-order valence-corrected chi connectivity index (χ0v) is 10.9. The molecule has 1 aliphatic carbocycles. The molecule has 1 aromatic rings. The van der Waals surface area contributed by atoms with E-state index in [0.717, 1.165) is 16.6 Å². The normalized spacial score (nSPS) is 16.4. The van der Waals surface area contributed by atoms with Crippen molar-refractivity contribution in [3.8, 4) is 0 Å². The van der Waals surface area contributed by atoms with Gasteiger partial charge in [0.15, 0.2) is 5.78 Å². The van der Waals surface area contributed by atoms with Gasteiger partial charge in [-0.1, -0.05) is 12.8 Å². The van der Waals surface area contributed by atoms with Crippen LogP contribution in [0, 0.1) is 11.7 Å². The van der Waals surface area contributed by atoms with Gasteiger partial charge in [0.05, 0.1) is 0 Å². The third kappa shape index (κ3) is 3.32. The first-order valence-corrected chi connectivity index (χ1v) is 7.08. The highest BCUT2D eigenvalue weighted by molar-refractivity contribution is 7.99. The van der Waals surface area contributed by atoms with Crippen molar-refractivity contribution < 1.29 is 9.18 Å². The Hall–Kier alpha value is -0.830. The molecule has 1 aromatic carbocycles. The lowest BCUT2D eigenvalue weighted by molar-refractivity contribution is 0.101. The van der Waals surface area contributed by atoms with E-state index >= 15 is 0 Å². The van der Waals surface area contributed by atoms with Crippen LogP contribution in [0.15, 0.2) is 23.1 Å². The molecule has 0 unspecified atom stereocenters. The molecule has 1 nitrogen and oxygen atoms in total. The van der Waals surface area contributed by atoms with Gasteiger partial charge in [-0.3, -0.25) is 4.79 Å². The van der Waals surface area contributed by atoms with Gasteiger partial charge in [-0.2, -0.15) is 0 Å². The van der Waals surface area contributed by atoms with Crippen LogP contribution in [0.2, 0.25) is 0 Å². The van der Waals surface area contributed by atoms with Crippen LogP contribution >= 0.6 is 11.8 Å². The molecule has 1 saturated carbocycles. The van der Waals surface area contributed by atoms with E-state index in [-0.39, 0.29) is 11.6 Å². The van der Waals surface area contributed by atoms with Crippen molar-refractivity contribution in [3.05, 3.63) is 29.6 Å². The Bertz CT molecular complexity index is 411. The number of carbonyl (C=O) groups is 1. The maximum atomic E-state index is 13.1. The number of hydrogen-bond acceptors (Lipinski definition) is 2. The van der Waals surface area contributed by atoms with E-state index in [9.17, 15) is 9.18 Å². The average molecular weight is 252 g/mol. The molecule has 1 aliphatic rings. The van der Waals surface area contributed by atoms with E-state index in [1.807, 2.05) is 0 Å². The second kappa shape index (κ2) is 5.67. The molecule has 92 valence electrons. The summed E-state index contributed by atoms with van der Waals surface area (Å²) in [5, 5.41) is 0. The average Bonchev–Trinajstić information content (AvgIpc) is 2.80. The van der Waals surface area contributed by atoms with E-state index in [1.165, 1.54) is 44.7 Å². The van der Waals surface area contributed by atoms with Crippen LogP contribution < -0.4 is 0 Å². The highest BCUT2D eigenvalue weighted by Crippen LogP contribution is 2.32. The Morgan fingerprint density at radius 3 is 2.76 bits per heavy atom. The molecule has 0 aliphatic heterocycles. The van der Waals surface area contributed by atoms with Crippen LogP contribution in [0.3, 0.4) is 0 Å². The van der Waals surface area contributed by atoms with Crippen molar-refractivity contribution in [2.45, 2.75) is 37.5 Å². The summed E-state index contributed by atoms with van der Waals surface area (Å²) >= 11 is 1.69. The molecular formula is C14H17FOS. The van der Waals surface area contributed by atoms with Gasteiger partial charge in [-0.25, -0.2) is 4.39 Å². The summed E-state index contributed by atoms with van der Waals surface area (Å²) in [7, 11) is 0. The van der Waals surface area contributed by atoms with Gasteiger partial charge in [-0.15, -0.1) is 11.8 Å². The number of Topliss-reactive ketones (excluding diaryl/α,β-unsaturated/α-hetero) is 1. The van der Waals surface area contributed by atoms with Gasteiger partial charge in [0.2, 0.25) is 0 Å². The summed E-state index contributed by atoms with van der Waals surface area (Å²) in [6, 6.07) is 4.51. The predicted molar refractivity (Wildman–Crippen MR) is 69.1 cm³/mol. The van der Waals surface area contributed by atoms with Crippen molar-refractivity contribution in [2.24, 2.45) is 5.92 Å². The number of carbonyl (C=O) groups excluding carboxylic acids is 1. The zero-order chi connectivity index (χ0) is 12.3. The fourth-order valence-corrected chi connectivity index (χ4v) is 3.56. The van der Waals surface area contributed by atoms with Crippen molar-refractivity contribution in [1.29, 1.82) is 0 Å². The molecular weight excluding hydrogens is 235 g/mol. The van der Waals surface area contributed by atoms with Crippen LogP contribution in [0.1, 0.15) is 43.0 Å². The topological polar surface area (TPSA) is 17.1 Å². The highest BCUT2D eigenvalue weighted by atomic mass is 32.2. The van der Waals surface area contributed by atoms with Crippen LogP contribution in [0.25, 0.3) is 0 Å². The minimum absolute atomic E-state index is 0.0570. The first kappa shape index (κ1) is 12.6. The van der Waals surface area contributed by atoms with Crippen LogP contribution in [0.4, 0.5) is 4.39 Å². The van der Waals surface area contributed by atoms with Crippen molar-refractivity contribution in [3.63, 3.8) is 0 Å². The van der Waals surface area contributed by atoms with E-state index in [0.29, 0.717) is 5.56 Å². The molecule has 17 heavy (non-hydrogen) atoms. The second-order valence-corrected chi connectivity index (χ2v) is 5.72.